The van der Waals surface area contributed by atoms with Crippen LogP contribution in [-0.2, 0) is 10.0 Å². The van der Waals surface area contributed by atoms with E-state index in [0.29, 0.717) is 25.1 Å². The fourth-order valence-electron chi connectivity index (χ4n) is 1.26. The summed E-state index contributed by atoms with van der Waals surface area (Å²) < 4.78 is 63.6. The van der Waals surface area contributed by atoms with Gasteiger partial charge >= 0.3 is 0 Å². The summed E-state index contributed by atoms with van der Waals surface area (Å²) in [4.78, 5) is 0. The molecular weight excluding hydrogens is 269 g/mol. The molecular formula is C10H13F3N2O2S. The highest BCUT2D eigenvalue weighted by Crippen LogP contribution is 2.19. The smallest absolute Gasteiger partial charge is 0.232 e. The Balaban J connectivity index is 2.81. The van der Waals surface area contributed by atoms with E-state index in [1.54, 1.807) is 7.05 Å². The molecule has 0 fully saturated rings. The van der Waals surface area contributed by atoms with Gasteiger partial charge in [0, 0.05) is 12.1 Å². The molecule has 18 heavy (non-hydrogen) atoms. The summed E-state index contributed by atoms with van der Waals surface area (Å²) >= 11 is 0. The molecule has 0 aromatic heterocycles. The highest BCUT2D eigenvalue weighted by Gasteiger charge is 2.15. The first-order valence-corrected chi connectivity index (χ1v) is 6.80. The molecule has 0 spiro atoms. The summed E-state index contributed by atoms with van der Waals surface area (Å²) in [7, 11) is -2.12. The quantitative estimate of drug-likeness (QED) is 0.613. The van der Waals surface area contributed by atoms with Crippen LogP contribution in [0.5, 0.6) is 0 Å². The van der Waals surface area contributed by atoms with Crippen LogP contribution >= 0.6 is 0 Å². The maximum atomic E-state index is 13.2. The van der Waals surface area contributed by atoms with E-state index in [0.717, 1.165) is 0 Å². The molecule has 0 saturated carbocycles. The molecule has 2 N–H and O–H groups in total. The van der Waals surface area contributed by atoms with Gasteiger partial charge in [0.1, 0.15) is 5.82 Å². The van der Waals surface area contributed by atoms with Gasteiger partial charge in [0.05, 0.1) is 11.4 Å². The van der Waals surface area contributed by atoms with Gasteiger partial charge < -0.3 is 5.32 Å². The summed E-state index contributed by atoms with van der Waals surface area (Å²) in [5, 5.41) is 2.76. The second kappa shape index (κ2) is 6.05. The highest BCUT2D eigenvalue weighted by molar-refractivity contribution is 7.92. The number of hydrogen-bond donors (Lipinski definition) is 2. The summed E-state index contributed by atoms with van der Waals surface area (Å²) in [6, 6.07) is 0.765. The number of sulfonamides is 1. The second-order valence-electron chi connectivity index (χ2n) is 3.62. The molecule has 0 aliphatic heterocycles. The molecule has 4 nitrogen and oxygen atoms in total. The summed E-state index contributed by atoms with van der Waals surface area (Å²) in [5.41, 5.74) is -0.599. The third-order valence-corrected chi connectivity index (χ3v) is 3.47. The Hall–Kier alpha value is -1.28. The molecule has 0 aliphatic carbocycles. The second-order valence-corrected chi connectivity index (χ2v) is 5.47. The Morgan fingerprint density at radius 2 is 1.72 bits per heavy atom. The van der Waals surface area contributed by atoms with Gasteiger partial charge in [-0.3, -0.25) is 4.72 Å². The van der Waals surface area contributed by atoms with E-state index in [9.17, 15) is 21.6 Å². The van der Waals surface area contributed by atoms with Crippen LogP contribution in [0.25, 0.3) is 0 Å². The molecule has 1 aromatic carbocycles. The van der Waals surface area contributed by atoms with Gasteiger partial charge in [0.2, 0.25) is 10.0 Å². The molecule has 0 radical (unpaired) electrons. The van der Waals surface area contributed by atoms with Crippen molar-refractivity contribution in [1.29, 1.82) is 0 Å². The largest absolute Gasteiger partial charge is 0.320 e. The van der Waals surface area contributed by atoms with E-state index in [4.69, 9.17) is 0 Å². The lowest BCUT2D eigenvalue weighted by atomic mass is 10.3. The normalized spacial score (nSPS) is 11.6. The maximum absolute atomic E-state index is 13.2. The van der Waals surface area contributed by atoms with Crippen LogP contribution in [0, 0.1) is 17.5 Å². The van der Waals surface area contributed by atoms with Crippen molar-refractivity contribution >= 4 is 15.7 Å². The minimum Gasteiger partial charge on any atom is -0.320 e. The molecule has 0 atom stereocenters. The third-order valence-electron chi connectivity index (χ3n) is 2.12. The summed E-state index contributed by atoms with van der Waals surface area (Å²) in [5.74, 6) is -4.09. The standard InChI is InChI=1S/C10H13F3N2O2S/c1-14-3-2-4-18(16,17)15-10-6-8(12)7(11)5-9(10)13/h5-6,14-15H,2-4H2,1H3. The number of hydrogen-bond acceptors (Lipinski definition) is 3. The van der Waals surface area contributed by atoms with Crippen molar-refractivity contribution in [2.45, 2.75) is 6.42 Å². The van der Waals surface area contributed by atoms with Crippen LogP contribution < -0.4 is 10.0 Å². The van der Waals surface area contributed by atoms with Crippen molar-refractivity contribution in [2.24, 2.45) is 0 Å². The van der Waals surface area contributed by atoms with Gasteiger partial charge in [0.25, 0.3) is 0 Å². The molecule has 0 heterocycles. The molecule has 8 heteroatoms. The molecule has 0 unspecified atom stereocenters. The fraction of sp³-hybridized carbons (Fsp3) is 0.400. The molecule has 0 saturated heterocycles. The molecule has 0 bridgehead atoms. The van der Waals surface area contributed by atoms with Crippen molar-refractivity contribution in [2.75, 3.05) is 24.1 Å². The Morgan fingerprint density at radius 3 is 2.33 bits per heavy atom. The van der Waals surface area contributed by atoms with Crippen molar-refractivity contribution < 1.29 is 21.6 Å². The van der Waals surface area contributed by atoms with E-state index in [1.807, 2.05) is 4.72 Å². The molecule has 1 aromatic rings. The van der Waals surface area contributed by atoms with Crippen molar-refractivity contribution in [3.63, 3.8) is 0 Å². The lowest BCUT2D eigenvalue weighted by Gasteiger charge is -2.09. The molecule has 0 amide bonds. The Bertz CT molecular complexity index is 520. The molecule has 1 rings (SSSR count). The van der Waals surface area contributed by atoms with Crippen LogP contribution in [0.2, 0.25) is 0 Å². The number of nitrogens with one attached hydrogen (secondary N) is 2. The van der Waals surface area contributed by atoms with Crippen LogP contribution in [0.4, 0.5) is 18.9 Å². The number of anilines is 1. The van der Waals surface area contributed by atoms with E-state index in [1.165, 1.54) is 0 Å². The zero-order valence-electron chi connectivity index (χ0n) is 9.63. The van der Waals surface area contributed by atoms with Crippen molar-refractivity contribution in [1.82, 2.24) is 5.32 Å². The SMILES string of the molecule is CNCCCS(=O)(=O)Nc1cc(F)c(F)cc1F. The van der Waals surface area contributed by atoms with E-state index < -0.39 is 33.2 Å². The minimum absolute atomic E-state index is 0.244. The van der Waals surface area contributed by atoms with E-state index >= 15 is 0 Å². The monoisotopic (exact) mass is 282 g/mol. The van der Waals surface area contributed by atoms with Crippen molar-refractivity contribution in [3.8, 4) is 0 Å². The average molecular weight is 282 g/mol. The minimum atomic E-state index is -3.78. The lowest BCUT2D eigenvalue weighted by molar-refractivity contribution is 0.496. The van der Waals surface area contributed by atoms with Gasteiger partial charge in [-0.15, -0.1) is 0 Å². The summed E-state index contributed by atoms with van der Waals surface area (Å²) in [6.45, 7) is 0.473. The predicted octanol–water partition coefficient (Wildman–Crippen LogP) is 1.46. The number of halogens is 3. The maximum Gasteiger partial charge on any atom is 0.232 e. The highest BCUT2D eigenvalue weighted by atomic mass is 32.2. The zero-order chi connectivity index (χ0) is 13.8. The van der Waals surface area contributed by atoms with E-state index in [2.05, 4.69) is 5.32 Å². The van der Waals surface area contributed by atoms with Gasteiger partial charge in [0.15, 0.2) is 11.6 Å². The van der Waals surface area contributed by atoms with Gasteiger partial charge in [-0.2, -0.15) is 0 Å². The first-order valence-electron chi connectivity index (χ1n) is 5.15. The Kier molecular flexibility index (Phi) is 4.97. The summed E-state index contributed by atoms with van der Waals surface area (Å²) in [6.07, 6.45) is 0.317. The Labute approximate surface area is 103 Å². The first kappa shape index (κ1) is 14.8. The fourth-order valence-corrected chi connectivity index (χ4v) is 2.38. The van der Waals surface area contributed by atoms with Crippen LogP contribution in [0.15, 0.2) is 12.1 Å². The topological polar surface area (TPSA) is 58.2 Å². The lowest BCUT2D eigenvalue weighted by Crippen LogP contribution is -2.21. The van der Waals surface area contributed by atoms with Crippen LogP contribution in [0.3, 0.4) is 0 Å². The van der Waals surface area contributed by atoms with Gasteiger partial charge in [-0.25, -0.2) is 21.6 Å². The average Bonchev–Trinajstić information content (AvgIpc) is 2.26. The van der Waals surface area contributed by atoms with Gasteiger partial charge in [-0.1, -0.05) is 0 Å². The Morgan fingerprint density at radius 1 is 1.11 bits per heavy atom. The van der Waals surface area contributed by atoms with Gasteiger partial charge in [-0.05, 0) is 20.0 Å². The molecule has 102 valence electrons. The predicted molar refractivity (Wildman–Crippen MR) is 62.3 cm³/mol. The van der Waals surface area contributed by atoms with Crippen molar-refractivity contribution in [3.05, 3.63) is 29.6 Å². The molecule has 0 aliphatic rings. The number of rotatable bonds is 6. The number of benzene rings is 1. The third kappa shape index (κ3) is 4.19. The zero-order valence-corrected chi connectivity index (χ0v) is 10.5. The van der Waals surface area contributed by atoms with Crippen LogP contribution in [-0.4, -0.2) is 27.8 Å². The first-order chi connectivity index (χ1) is 8.35. The van der Waals surface area contributed by atoms with E-state index in [-0.39, 0.29) is 5.75 Å². The van der Waals surface area contributed by atoms with Crippen LogP contribution in [0.1, 0.15) is 6.42 Å².